The number of hydrogen-bond donors (Lipinski definition) is 1. The minimum atomic E-state index is 0.126. The summed E-state index contributed by atoms with van der Waals surface area (Å²) in [6.45, 7) is 4.03. The van der Waals surface area contributed by atoms with Crippen LogP contribution in [-0.4, -0.2) is 22.8 Å². The van der Waals surface area contributed by atoms with E-state index in [0.29, 0.717) is 5.92 Å². The van der Waals surface area contributed by atoms with Gasteiger partial charge in [0.15, 0.2) is 0 Å². The molecule has 0 atom stereocenters. The molecule has 1 aromatic heterocycles. The summed E-state index contributed by atoms with van der Waals surface area (Å²) < 4.78 is 8.04. The molecule has 2 N–H and O–H groups in total. The molecule has 0 spiro atoms. The highest BCUT2D eigenvalue weighted by molar-refractivity contribution is 5.80. The average molecular weight is 271 g/mol. The predicted molar refractivity (Wildman–Crippen MR) is 79.8 cm³/mol. The van der Waals surface area contributed by atoms with E-state index in [9.17, 15) is 0 Å². The second-order valence-electron chi connectivity index (χ2n) is 6.44. The maximum atomic E-state index is 5.92. The molecule has 2 aliphatic rings. The van der Waals surface area contributed by atoms with Gasteiger partial charge in [-0.3, -0.25) is 0 Å². The summed E-state index contributed by atoms with van der Waals surface area (Å²) in [6.07, 6.45) is 4.65. The molecule has 0 unspecified atom stereocenters. The second-order valence-corrected chi connectivity index (χ2v) is 6.44. The molecule has 4 heteroatoms. The van der Waals surface area contributed by atoms with Crippen LogP contribution < -0.4 is 5.73 Å². The number of nitrogens with two attached hydrogens (primary N) is 1. The molecule has 106 valence electrons. The SMILES string of the molecule is CC1(n2c(C3CC3)nc3cc(N)ccc32)CCOCC1. The molecule has 0 bridgehead atoms. The molecule has 0 radical (unpaired) electrons. The summed E-state index contributed by atoms with van der Waals surface area (Å²) >= 11 is 0. The number of nitrogens with zero attached hydrogens (tertiary/aromatic N) is 2. The Morgan fingerprint density at radius 1 is 1.30 bits per heavy atom. The third-order valence-corrected chi connectivity index (χ3v) is 4.76. The Labute approximate surface area is 118 Å². The summed E-state index contributed by atoms with van der Waals surface area (Å²) in [5.41, 5.74) is 9.10. The molecule has 20 heavy (non-hydrogen) atoms. The number of benzene rings is 1. The zero-order valence-electron chi connectivity index (χ0n) is 11.9. The zero-order valence-corrected chi connectivity index (χ0v) is 11.9. The Kier molecular flexibility index (Phi) is 2.58. The van der Waals surface area contributed by atoms with E-state index in [4.69, 9.17) is 15.5 Å². The van der Waals surface area contributed by atoms with E-state index in [0.717, 1.165) is 37.3 Å². The van der Waals surface area contributed by atoms with E-state index in [2.05, 4.69) is 17.6 Å². The van der Waals surface area contributed by atoms with Crippen molar-refractivity contribution in [1.29, 1.82) is 0 Å². The van der Waals surface area contributed by atoms with Crippen LogP contribution in [0.2, 0.25) is 0 Å². The molecule has 2 aromatic rings. The first-order chi connectivity index (χ1) is 9.67. The van der Waals surface area contributed by atoms with Crippen LogP contribution in [0.5, 0.6) is 0 Å². The van der Waals surface area contributed by atoms with Gasteiger partial charge in [-0.05, 0) is 50.8 Å². The van der Waals surface area contributed by atoms with Gasteiger partial charge < -0.3 is 15.0 Å². The number of aromatic nitrogens is 2. The van der Waals surface area contributed by atoms with Crippen LogP contribution in [-0.2, 0) is 10.3 Å². The van der Waals surface area contributed by atoms with Crippen molar-refractivity contribution < 1.29 is 4.74 Å². The predicted octanol–water partition coefficient (Wildman–Crippen LogP) is 3.02. The van der Waals surface area contributed by atoms with Crippen LogP contribution in [0, 0.1) is 0 Å². The number of imidazole rings is 1. The first-order valence-corrected chi connectivity index (χ1v) is 7.53. The van der Waals surface area contributed by atoms with Crippen molar-refractivity contribution in [2.75, 3.05) is 18.9 Å². The molecule has 0 amide bonds. The van der Waals surface area contributed by atoms with Crippen molar-refractivity contribution in [2.24, 2.45) is 0 Å². The smallest absolute Gasteiger partial charge is 0.113 e. The summed E-state index contributed by atoms with van der Waals surface area (Å²) in [5, 5.41) is 0. The molecule has 2 heterocycles. The summed E-state index contributed by atoms with van der Waals surface area (Å²) in [7, 11) is 0. The van der Waals surface area contributed by atoms with Crippen molar-refractivity contribution in [1.82, 2.24) is 9.55 Å². The standard InChI is InChI=1S/C16H21N3O/c1-16(6-8-20-9-7-16)19-14-5-4-12(17)10-13(14)18-15(19)11-2-3-11/h4-5,10-11H,2-3,6-9,17H2,1H3. The molecule has 1 aliphatic heterocycles. The summed E-state index contributed by atoms with van der Waals surface area (Å²) in [4.78, 5) is 4.90. The number of hydrogen-bond acceptors (Lipinski definition) is 3. The molecule has 1 saturated heterocycles. The highest BCUT2D eigenvalue weighted by Gasteiger charge is 2.37. The topological polar surface area (TPSA) is 53.1 Å². The normalized spacial score (nSPS) is 22.2. The zero-order chi connectivity index (χ0) is 13.7. The third kappa shape index (κ3) is 1.82. The number of nitrogen functional groups attached to an aromatic ring is 1. The van der Waals surface area contributed by atoms with Gasteiger partial charge in [-0.15, -0.1) is 0 Å². The molecule has 4 nitrogen and oxygen atoms in total. The van der Waals surface area contributed by atoms with E-state index in [-0.39, 0.29) is 5.54 Å². The second kappa shape index (κ2) is 4.22. The lowest BCUT2D eigenvalue weighted by Crippen LogP contribution is -2.37. The van der Waals surface area contributed by atoms with E-state index in [1.54, 1.807) is 0 Å². The minimum Gasteiger partial charge on any atom is -0.399 e. The quantitative estimate of drug-likeness (QED) is 0.854. The Morgan fingerprint density at radius 2 is 2.05 bits per heavy atom. The summed E-state index contributed by atoms with van der Waals surface area (Å²) in [5.74, 6) is 1.90. The van der Waals surface area contributed by atoms with Gasteiger partial charge in [-0.25, -0.2) is 4.98 Å². The first kappa shape index (κ1) is 12.2. The molecule has 1 aliphatic carbocycles. The van der Waals surface area contributed by atoms with Crippen LogP contribution >= 0.6 is 0 Å². The van der Waals surface area contributed by atoms with Gasteiger partial charge in [-0.2, -0.15) is 0 Å². The van der Waals surface area contributed by atoms with Gasteiger partial charge in [-0.1, -0.05) is 0 Å². The first-order valence-electron chi connectivity index (χ1n) is 7.53. The van der Waals surface area contributed by atoms with Crippen molar-refractivity contribution in [3.8, 4) is 0 Å². The number of ether oxygens (including phenoxy) is 1. The number of fused-ring (bicyclic) bond motifs is 1. The Hall–Kier alpha value is -1.55. The maximum Gasteiger partial charge on any atom is 0.113 e. The Bertz CT molecular complexity index is 651. The lowest BCUT2D eigenvalue weighted by atomic mass is 9.91. The van der Waals surface area contributed by atoms with Crippen LogP contribution in [0.25, 0.3) is 11.0 Å². The van der Waals surface area contributed by atoms with Gasteiger partial charge in [0.05, 0.1) is 11.0 Å². The van der Waals surface area contributed by atoms with Gasteiger partial charge in [0.1, 0.15) is 5.82 Å². The minimum absolute atomic E-state index is 0.126. The fourth-order valence-electron chi connectivity index (χ4n) is 3.33. The number of anilines is 1. The van der Waals surface area contributed by atoms with Crippen LogP contribution in [0.15, 0.2) is 18.2 Å². The van der Waals surface area contributed by atoms with E-state index >= 15 is 0 Å². The van der Waals surface area contributed by atoms with Crippen LogP contribution in [0.1, 0.15) is 44.3 Å². The van der Waals surface area contributed by atoms with Gasteiger partial charge in [0.2, 0.25) is 0 Å². The van der Waals surface area contributed by atoms with E-state index in [1.165, 1.54) is 24.2 Å². The van der Waals surface area contributed by atoms with Crippen molar-refractivity contribution in [2.45, 2.75) is 44.1 Å². The summed E-state index contributed by atoms with van der Waals surface area (Å²) in [6, 6.07) is 6.12. The maximum absolute atomic E-state index is 5.92. The van der Waals surface area contributed by atoms with Gasteiger partial charge >= 0.3 is 0 Å². The van der Waals surface area contributed by atoms with Gasteiger partial charge in [0, 0.05) is 30.4 Å². The molecular formula is C16H21N3O. The largest absolute Gasteiger partial charge is 0.399 e. The van der Waals surface area contributed by atoms with Crippen molar-refractivity contribution in [3.63, 3.8) is 0 Å². The average Bonchev–Trinajstić information content (AvgIpc) is 3.20. The highest BCUT2D eigenvalue weighted by atomic mass is 16.5. The van der Waals surface area contributed by atoms with Crippen LogP contribution in [0.3, 0.4) is 0 Å². The lowest BCUT2D eigenvalue weighted by molar-refractivity contribution is 0.0300. The molecule has 2 fully saturated rings. The monoisotopic (exact) mass is 271 g/mol. The Morgan fingerprint density at radius 3 is 2.75 bits per heavy atom. The van der Waals surface area contributed by atoms with Crippen molar-refractivity contribution in [3.05, 3.63) is 24.0 Å². The van der Waals surface area contributed by atoms with Gasteiger partial charge in [0.25, 0.3) is 0 Å². The van der Waals surface area contributed by atoms with Crippen molar-refractivity contribution >= 4 is 16.7 Å². The fourth-order valence-corrected chi connectivity index (χ4v) is 3.33. The van der Waals surface area contributed by atoms with Crippen LogP contribution in [0.4, 0.5) is 5.69 Å². The lowest BCUT2D eigenvalue weighted by Gasteiger charge is -2.37. The molecular weight excluding hydrogens is 250 g/mol. The molecule has 1 aromatic carbocycles. The van der Waals surface area contributed by atoms with E-state index in [1.807, 2.05) is 12.1 Å². The number of rotatable bonds is 2. The highest BCUT2D eigenvalue weighted by Crippen LogP contribution is 2.44. The molecule has 1 saturated carbocycles. The Balaban J connectivity index is 1.93. The third-order valence-electron chi connectivity index (χ3n) is 4.76. The fraction of sp³-hybridized carbons (Fsp3) is 0.562. The van der Waals surface area contributed by atoms with E-state index < -0.39 is 0 Å². The molecule has 4 rings (SSSR count).